The van der Waals surface area contributed by atoms with E-state index in [0.29, 0.717) is 11.0 Å². The van der Waals surface area contributed by atoms with Gasteiger partial charge in [-0.1, -0.05) is 51.4 Å². The molecule has 132 valence electrons. The van der Waals surface area contributed by atoms with Crippen LogP contribution in [0.15, 0.2) is 0 Å². The van der Waals surface area contributed by atoms with Gasteiger partial charge in [0.05, 0.1) is 27.7 Å². The van der Waals surface area contributed by atoms with E-state index < -0.39 is 7.82 Å². The summed E-state index contributed by atoms with van der Waals surface area (Å²) in [7, 11) is 1.86. The molecule has 5 nitrogen and oxygen atoms in total. The Balaban J connectivity index is 1.99. The van der Waals surface area contributed by atoms with Crippen molar-refractivity contribution in [1.29, 1.82) is 0 Å². The quantitative estimate of drug-likeness (QED) is 0.330. The first-order valence-corrected chi connectivity index (χ1v) is 10.2. The highest BCUT2D eigenvalue weighted by atomic mass is 31.2. The summed E-state index contributed by atoms with van der Waals surface area (Å²) in [5.41, 5.74) is 0. The lowest BCUT2D eigenvalue weighted by Crippen LogP contribution is -2.37. The van der Waals surface area contributed by atoms with E-state index in [9.17, 15) is 9.46 Å². The van der Waals surface area contributed by atoms with Gasteiger partial charge in [0.1, 0.15) is 13.2 Å². The molecular formula is C16H34NO4P. The van der Waals surface area contributed by atoms with Crippen molar-refractivity contribution in [2.24, 2.45) is 5.92 Å². The van der Waals surface area contributed by atoms with Crippen LogP contribution in [-0.4, -0.2) is 45.4 Å². The van der Waals surface area contributed by atoms with Gasteiger partial charge in [-0.25, -0.2) is 0 Å². The van der Waals surface area contributed by atoms with Gasteiger partial charge in [0.2, 0.25) is 0 Å². The molecule has 0 aromatic rings. The van der Waals surface area contributed by atoms with Crippen molar-refractivity contribution in [3.63, 3.8) is 0 Å². The normalized spacial score (nSPS) is 20.0. The van der Waals surface area contributed by atoms with Crippen LogP contribution in [-0.2, 0) is 13.6 Å². The Morgan fingerprint density at radius 3 is 2.27 bits per heavy atom. The number of likely N-dealkylation sites (N-methyl/N-ethyl adjacent to an activating group) is 1. The van der Waals surface area contributed by atoms with Crippen LogP contribution in [0.25, 0.3) is 0 Å². The van der Waals surface area contributed by atoms with Crippen LogP contribution in [0.3, 0.4) is 0 Å². The minimum atomic E-state index is -4.11. The Bertz CT molecular complexity index is 338. The summed E-state index contributed by atoms with van der Waals surface area (Å²) in [4.78, 5) is 11.6. The van der Waals surface area contributed by atoms with Gasteiger partial charge in [0, 0.05) is 0 Å². The van der Waals surface area contributed by atoms with Crippen LogP contribution in [0, 0.1) is 5.92 Å². The Hall–Kier alpha value is 0.0700. The fourth-order valence-electron chi connectivity index (χ4n) is 2.83. The summed E-state index contributed by atoms with van der Waals surface area (Å²) >= 11 is 0. The maximum atomic E-state index is 11.6. The molecule has 1 saturated carbocycles. The van der Waals surface area contributed by atoms with Crippen molar-refractivity contribution in [2.75, 3.05) is 40.9 Å². The van der Waals surface area contributed by atoms with Crippen molar-refractivity contribution in [1.82, 2.24) is 0 Å². The summed E-state index contributed by atoms with van der Waals surface area (Å²) in [6.07, 6.45) is 11.2. The van der Waals surface area contributed by atoms with Crippen molar-refractivity contribution >= 4 is 7.82 Å². The second-order valence-corrected chi connectivity index (χ2v) is 8.89. The highest BCUT2D eigenvalue weighted by Gasteiger charge is 2.14. The third kappa shape index (κ3) is 10.7. The monoisotopic (exact) mass is 335 g/mol. The molecule has 0 heterocycles. The smallest absolute Gasteiger partial charge is 0.268 e. The molecule has 0 aliphatic heterocycles. The molecule has 0 bridgehead atoms. The molecule has 0 aromatic heterocycles. The number of nitrogens with zero attached hydrogens (tertiary/aromatic N) is 1. The molecule has 0 aromatic carbocycles. The molecule has 0 saturated heterocycles. The van der Waals surface area contributed by atoms with Gasteiger partial charge in [-0.05, 0) is 12.3 Å². The lowest BCUT2D eigenvalue weighted by atomic mass is 9.86. The van der Waals surface area contributed by atoms with Crippen molar-refractivity contribution < 1.29 is 23.0 Å². The summed E-state index contributed by atoms with van der Waals surface area (Å²) in [6, 6.07) is 0. The maximum absolute atomic E-state index is 11.6. The molecule has 0 N–H and O–H groups in total. The van der Waals surface area contributed by atoms with Gasteiger partial charge in [-0.3, -0.25) is 4.57 Å². The zero-order valence-electron chi connectivity index (χ0n) is 14.6. The number of hydrogen-bond acceptors (Lipinski definition) is 4. The number of phosphoric ester groups is 1. The number of rotatable bonds is 11. The van der Waals surface area contributed by atoms with Gasteiger partial charge >= 0.3 is 0 Å². The summed E-state index contributed by atoms with van der Waals surface area (Å²) in [5, 5.41) is 0. The summed E-state index contributed by atoms with van der Waals surface area (Å²) < 4.78 is 22.0. The zero-order valence-corrected chi connectivity index (χ0v) is 15.5. The third-order valence-electron chi connectivity index (χ3n) is 4.24. The predicted molar refractivity (Wildman–Crippen MR) is 87.5 cm³/mol. The van der Waals surface area contributed by atoms with Gasteiger partial charge in [-0.15, -0.1) is 0 Å². The van der Waals surface area contributed by atoms with Gasteiger partial charge in [0.25, 0.3) is 7.82 Å². The van der Waals surface area contributed by atoms with E-state index in [1.54, 1.807) is 0 Å². The van der Waals surface area contributed by atoms with E-state index in [1.165, 1.54) is 44.9 Å². The Kier molecular flexibility index (Phi) is 9.18. The molecule has 1 atom stereocenters. The van der Waals surface area contributed by atoms with E-state index in [-0.39, 0.29) is 13.2 Å². The molecule has 0 spiro atoms. The first-order valence-electron chi connectivity index (χ1n) is 8.69. The van der Waals surface area contributed by atoms with Crippen LogP contribution in [0.4, 0.5) is 0 Å². The highest BCUT2D eigenvalue weighted by molar-refractivity contribution is 7.45. The van der Waals surface area contributed by atoms with E-state index in [0.717, 1.165) is 18.8 Å². The first-order chi connectivity index (χ1) is 10.3. The summed E-state index contributed by atoms with van der Waals surface area (Å²) in [5.74, 6) is 0.902. The van der Waals surface area contributed by atoms with Gasteiger partial charge in [0.15, 0.2) is 0 Å². The average molecular weight is 335 g/mol. The van der Waals surface area contributed by atoms with Crippen LogP contribution >= 0.6 is 7.82 Å². The molecular weight excluding hydrogens is 301 g/mol. The molecule has 1 unspecified atom stereocenters. The van der Waals surface area contributed by atoms with E-state index in [4.69, 9.17) is 9.05 Å². The lowest BCUT2D eigenvalue weighted by Gasteiger charge is -2.27. The molecule has 22 heavy (non-hydrogen) atoms. The molecule has 1 aliphatic carbocycles. The Morgan fingerprint density at radius 1 is 1.00 bits per heavy atom. The van der Waals surface area contributed by atoms with Crippen LogP contribution in [0.5, 0.6) is 0 Å². The number of unbranched alkanes of at least 4 members (excludes halogenated alkanes) is 2. The van der Waals surface area contributed by atoms with Crippen molar-refractivity contribution in [2.45, 2.75) is 57.8 Å². The molecule has 1 rings (SSSR count). The largest absolute Gasteiger partial charge is 0.756 e. The number of hydrogen-bond donors (Lipinski definition) is 0. The lowest BCUT2D eigenvalue weighted by molar-refractivity contribution is -0.870. The maximum Gasteiger partial charge on any atom is 0.268 e. The number of phosphoric acid groups is 1. The van der Waals surface area contributed by atoms with E-state index in [2.05, 4.69) is 0 Å². The van der Waals surface area contributed by atoms with E-state index >= 15 is 0 Å². The SMILES string of the molecule is C[N+](C)(C)CCOP(=O)([O-])OCCCCCC1CCCCC1. The van der Waals surface area contributed by atoms with Crippen molar-refractivity contribution in [3.05, 3.63) is 0 Å². The topological polar surface area (TPSA) is 58.6 Å². The second kappa shape index (κ2) is 10.0. The molecule has 0 amide bonds. The zero-order chi connectivity index (χ0) is 16.5. The van der Waals surface area contributed by atoms with Gasteiger partial charge in [-0.2, -0.15) is 0 Å². The number of quaternary nitrogens is 1. The first kappa shape index (κ1) is 20.1. The van der Waals surface area contributed by atoms with Crippen LogP contribution in [0.2, 0.25) is 0 Å². The van der Waals surface area contributed by atoms with Gasteiger partial charge < -0.3 is 18.4 Å². The Labute approximate surface area is 136 Å². The molecule has 1 fully saturated rings. The molecule has 1 aliphatic rings. The third-order valence-corrected chi connectivity index (χ3v) is 5.24. The standard InChI is InChI=1S/C16H34NO4P/c1-17(2,3)13-15-21-22(18,19)20-14-9-5-8-12-16-10-6-4-7-11-16/h16H,4-15H2,1-3H3. The molecule has 6 heteroatoms. The average Bonchev–Trinajstić information content (AvgIpc) is 2.42. The van der Waals surface area contributed by atoms with E-state index in [1.807, 2.05) is 21.1 Å². The van der Waals surface area contributed by atoms with Crippen LogP contribution in [0.1, 0.15) is 57.8 Å². The summed E-state index contributed by atoms with van der Waals surface area (Å²) in [6.45, 7) is 1.05. The predicted octanol–water partition coefficient (Wildman–Crippen LogP) is 3.33. The fourth-order valence-corrected chi connectivity index (χ4v) is 3.56. The second-order valence-electron chi connectivity index (χ2n) is 7.48. The van der Waals surface area contributed by atoms with Crippen molar-refractivity contribution in [3.8, 4) is 0 Å². The van der Waals surface area contributed by atoms with Crippen LogP contribution < -0.4 is 4.89 Å². The fraction of sp³-hybridized carbons (Fsp3) is 1.00. The molecule has 0 radical (unpaired) electrons. The minimum Gasteiger partial charge on any atom is -0.756 e. The minimum absolute atomic E-state index is 0.173. The Morgan fingerprint density at radius 2 is 1.64 bits per heavy atom. The highest BCUT2D eigenvalue weighted by Crippen LogP contribution is 2.38.